The van der Waals surface area contributed by atoms with E-state index in [9.17, 15) is 14.4 Å². The van der Waals surface area contributed by atoms with Gasteiger partial charge in [-0.05, 0) is 36.6 Å². The highest BCUT2D eigenvalue weighted by atomic mass is 16.5. The summed E-state index contributed by atoms with van der Waals surface area (Å²) < 4.78 is 11.3. The van der Waals surface area contributed by atoms with Crippen LogP contribution in [0.3, 0.4) is 0 Å². The van der Waals surface area contributed by atoms with Crippen LogP contribution in [0.4, 0.5) is 0 Å². The molecule has 0 aliphatic carbocycles. The lowest BCUT2D eigenvalue weighted by Crippen LogP contribution is -2.37. The Balaban J connectivity index is 1.50. The molecule has 1 unspecified atom stereocenters. The van der Waals surface area contributed by atoms with Gasteiger partial charge in [-0.3, -0.25) is 19.3 Å². The molecule has 168 valence electrons. The molecule has 1 atom stereocenters. The second kappa shape index (κ2) is 9.96. The van der Waals surface area contributed by atoms with Gasteiger partial charge in [0.05, 0.1) is 19.8 Å². The summed E-state index contributed by atoms with van der Waals surface area (Å²) in [5, 5.41) is 0. The van der Waals surface area contributed by atoms with Gasteiger partial charge in [0.2, 0.25) is 11.8 Å². The molecule has 2 fully saturated rings. The number of amides is 3. The molecule has 0 N–H and O–H groups in total. The van der Waals surface area contributed by atoms with Crippen molar-refractivity contribution in [3.63, 3.8) is 0 Å². The van der Waals surface area contributed by atoms with Gasteiger partial charge in [0.25, 0.3) is 5.91 Å². The Labute approximate surface area is 187 Å². The lowest BCUT2D eigenvalue weighted by Gasteiger charge is -2.26. The van der Waals surface area contributed by atoms with Crippen LogP contribution in [-0.4, -0.2) is 53.9 Å². The maximum Gasteiger partial charge on any atom is 0.254 e. The molecule has 2 aromatic carbocycles. The summed E-state index contributed by atoms with van der Waals surface area (Å²) in [7, 11) is 1.62. The maximum atomic E-state index is 13.4. The van der Waals surface area contributed by atoms with Crippen molar-refractivity contribution < 1.29 is 23.9 Å². The average Bonchev–Trinajstić information content (AvgIpc) is 3.44. The number of hydrogen-bond donors (Lipinski definition) is 0. The molecular formula is C25H28N2O5. The second-order valence-electron chi connectivity index (χ2n) is 8.20. The number of ether oxygens (including phenoxy) is 2. The minimum atomic E-state index is -0.144. The van der Waals surface area contributed by atoms with Crippen LogP contribution in [0.1, 0.15) is 47.2 Å². The molecule has 4 rings (SSSR count). The molecule has 3 amide bonds. The van der Waals surface area contributed by atoms with Gasteiger partial charge in [-0.15, -0.1) is 0 Å². The fourth-order valence-electron chi connectivity index (χ4n) is 4.21. The van der Waals surface area contributed by atoms with Crippen LogP contribution in [0.15, 0.2) is 48.5 Å². The number of imide groups is 1. The maximum absolute atomic E-state index is 13.4. The van der Waals surface area contributed by atoms with Crippen molar-refractivity contribution in [3.05, 3.63) is 65.2 Å². The number of carbonyl (C=O) groups is 3. The third-order valence-electron chi connectivity index (χ3n) is 5.99. The van der Waals surface area contributed by atoms with Crippen LogP contribution in [0.25, 0.3) is 0 Å². The molecule has 2 heterocycles. The van der Waals surface area contributed by atoms with E-state index in [2.05, 4.69) is 0 Å². The van der Waals surface area contributed by atoms with Crippen LogP contribution >= 0.6 is 0 Å². The molecule has 2 aliphatic heterocycles. The number of para-hydroxylation sites is 1. The van der Waals surface area contributed by atoms with Crippen LogP contribution < -0.4 is 4.74 Å². The smallest absolute Gasteiger partial charge is 0.254 e. The van der Waals surface area contributed by atoms with Gasteiger partial charge in [-0.2, -0.15) is 0 Å². The van der Waals surface area contributed by atoms with E-state index in [1.807, 2.05) is 24.3 Å². The Morgan fingerprint density at radius 1 is 1.09 bits per heavy atom. The lowest BCUT2D eigenvalue weighted by atomic mass is 10.1. The zero-order valence-electron chi connectivity index (χ0n) is 18.3. The topological polar surface area (TPSA) is 76.2 Å². The van der Waals surface area contributed by atoms with Crippen molar-refractivity contribution >= 4 is 17.7 Å². The molecule has 2 saturated heterocycles. The van der Waals surface area contributed by atoms with Crippen molar-refractivity contribution in [1.82, 2.24) is 9.80 Å². The van der Waals surface area contributed by atoms with Crippen molar-refractivity contribution in [2.75, 3.05) is 20.3 Å². The molecule has 0 bridgehead atoms. The third-order valence-corrected chi connectivity index (χ3v) is 5.99. The summed E-state index contributed by atoms with van der Waals surface area (Å²) in [5.74, 6) is 0.364. The summed E-state index contributed by atoms with van der Waals surface area (Å²) in [6.07, 6.45) is 2.52. The van der Waals surface area contributed by atoms with Gasteiger partial charge in [-0.1, -0.05) is 30.3 Å². The molecule has 0 saturated carbocycles. The predicted molar refractivity (Wildman–Crippen MR) is 118 cm³/mol. The van der Waals surface area contributed by atoms with Gasteiger partial charge >= 0.3 is 0 Å². The summed E-state index contributed by atoms with van der Waals surface area (Å²) in [4.78, 5) is 40.2. The second-order valence-corrected chi connectivity index (χ2v) is 8.20. The molecule has 0 radical (unpaired) electrons. The number of methoxy groups -OCH3 is 1. The van der Waals surface area contributed by atoms with E-state index in [0.717, 1.165) is 36.3 Å². The fraction of sp³-hybridized carbons (Fsp3) is 0.400. The highest BCUT2D eigenvalue weighted by Gasteiger charge is 2.29. The van der Waals surface area contributed by atoms with E-state index in [0.29, 0.717) is 18.7 Å². The molecule has 7 heteroatoms. The van der Waals surface area contributed by atoms with E-state index in [1.54, 1.807) is 36.3 Å². The first kappa shape index (κ1) is 22.0. The standard InChI is InChI=1S/C25H28N2O5/c1-31-22-7-3-2-5-20(22)16-26(17-21-6-4-14-32-21)25(30)19-10-8-18(9-11-19)15-27-23(28)12-13-24(27)29/h2-3,5,7-11,21H,4,6,12-17H2,1H3. The number of carbonyl (C=O) groups excluding carboxylic acids is 3. The van der Waals surface area contributed by atoms with Crippen molar-refractivity contribution in [2.24, 2.45) is 0 Å². The lowest BCUT2D eigenvalue weighted by molar-refractivity contribution is -0.139. The molecule has 0 spiro atoms. The normalized spacial score (nSPS) is 18.3. The molecule has 2 aromatic rings. The minimum absolute atomic E-state index is 0.0279. The van der Waals surface area contributed by atoms with Gasteiger partial charge in [0, 0.05) is 43.7 Å². The van der Waals surface area contributed by atoms with Gasteiger partial charge in [0.15, 0.2) is 0 Å². The zero-order chi connectivity index (χ0) is 22.5. The number of benzene rings is 2. The fourth-order valence-corrected chi connectivity index (χ4v) is 4.21. The number of rotatable bonds is 8. The van der Waals surface area contributed by atoms with E-state index in [1.165, 1.54) is 4.90 Å². The molecule has 2 aliphatic rings. The Bertz CT molecular complexity index is 966. The molecule has 32 heavy (non-hydrogen) atoms. The first-order chi connectivity index (χ1) is 15.5. The Kier molecular flexibility index (Phi) is 6.85. The van der Waals surface area contributed by atoms with Gasteiger partial charge in [-0.25, -0.2) is 0 Å². The Hall–Kier alpha value is -3.19. The molecular weight excluding hydrogens is 408 g/mol. The first-order valence-electron chi connectivity index (χ1n) is 11.0. The number of hydrogen-bond acceptors (Lipinski definition) is 5. The number of nitrogens with zero attached hydrogens (tertiary/aromatic N) is 2. The van der Waals surface area contributed by atoms with Gasteiger partial charge < -0.3 is 14.4 Å². The van der Waals surface area contributed by atoms with Crippen LogP contribution in [0, 0.1) is 0 Å². The largest absolute Gasteiger partial charge is 0.496 e. The zero-order valence-corrected chi connectivity index (χ0v) is 18.3. The molecule has 7 nitrogen and oxygen atoms in total. The monoisotopic (exact) mass is 436 g/mol. The summed E-state index contributed by atoms with van der Waals surface area (Å²) in [6.45, 7) is 1.90. The van der Waals surface area contributed by atoms with E-state index < -0.39 is 0 Å². The molecule has 0 aromatic heterocycles. The van der Waals surface area contributed by atoms with Crippen molar-refractivity contribution in [3.8, 4) is 5.75 Å². The Morgan fingerprint density at radius 2 is 1.81 bits per heavy atom. The summed E-state index contributed by atoms with van der Waals surface area (Å²) in [6, 6.07) is 14.8. The van der Waals surface area contributed by atoms with Gasteiger partial charge in [0.1, 0.15) is 5.75 Å². The SMILES string of the molecule is COc1ccccc1CN(CC1CCCO1)C(=O)c1ccc(CN2C(=O)CCC2=O)cc1. The number of likely N-dealkylation sites (tertiary alicyclic amines) is 1. The average molecular weight is 437 g/mol. The Morgan fingerprint density at radius 3 is 2.47 bits per heavy atom. The first-order valence-corrected chi connectivity index (χ1v) is 11.0. The van der Waals surface area contributed by atoms with Crippen LogP contribution in [-0.2, 0) is 27.4 Å². The van der Waals surface area contributed by atoms with E-state index >= 15 is 0 Å². The van der Waals surface area contributed by atoms with Crippen molar-refractivity contribution in [2.45, 2.75) is 44.9 Å². The third kappa shape index (κ3) is 4.99. The predicted octanol–water partition coefficient (Wildman–Crippen LogP) is 3.17. The van der Waals surface area contributed by atoms with Crippen LogP contribution in [0.5, 0.6) is 5.75 Å². The van der Waals surface area contributed by atoms with Crippen molar-refractivity contribution in [1.29, 1.82) is 0 Å². The van der Waals surface area contributed by atoms with E-state index in [-0.39, 0.29) is 43.2 Å². The minimum Gasteiger partial charge on any atom is -0.496 e. The summed E-state index contributed by atoms with van der Waals surface area (Å²) in [5.41, 5.74) is 2.31. The highest BCUT2D eigenvalue weighted by Crippen LogP contribution is 2.23. The van der Waals surface area contributed by atoms with Crippen LogP contribution in [0.2, 0.25) is 0 Å². The quantitative estimate of drug-likeness (QED) is 0.594. The van der Waals surface area contributed by atoms with E-state index in [4.69, 9.17) is 9.47 Å². The summed E-state index contributed by atoms with van der Waals surface area (Å²) >= 11 is 0. The highest BCUT2D eigenvalue weighted by molar-refractivity contribution is 6.01.